The highest BCUT2D eigenvalue weighted by molar-refractivity contribution is 5.80. The number of allylic oxidation sites excluding steroid dienone is 2. The van der Waals surface area contributed by atoms with E-state index in [0.717, 1.165) is 17.7 Å². The van der Waals surface area contributed by atoms with E-state index >= 15 is 0 Å². The van der Waals surface area contributed by atoms with Crippen LogP contribution in [0.4, 0.5) is 5.69 Å². The number of anilines is 1. The van der Waals surface area contributed by atoms with Crippen LogP contribution in [-0.2, 0) is 4.79 Å². The molecule has 2 heteroatoms. The second-order valence-corrected chi connectivity index (χ2v) is 4.08. The smallest absolute Gasteiger partial charge is 0.144 e. The molecule has 1 aromatic rings. The highest BCUT2D eigenvalue weighted by Crippen LogP contribution is 2.31. The molecule has 1 aromatic carbocycles. The number of aldehydes is 1. The summed E-state index contributed by atoms with van der Waals surface area (Å²) in [5.74, 6) is 0. The summed E-state index contributed by atoms with van der Waals surface area (Å²) in [5, 5.41) is 0. The maximum atomic E-state index is 10.6. The molecule has 16 heavy (non-hydrogen) atoms. The first-order chi connectivity index (χ1) is 7.74. The molecule has 0 saturated carbocycles. The van der Waals surface area contributed by atoms with E-state index < -0.39 is 0 Å². The lowest BCUT2D eigenvalue weighted by molar-refractivity contribution is -0.104. The summed E-state index contributed by atoms with van der Waals surface area (Å²) in [6.07, 6.45) is 6.47. The minimum Gasteiger partial charge on any atom is -0.338 e. The molecule has 2 nitrogen and oxygen atoms in total. The van der Waals surface area contributed by atoms with Gasteiger partial charge in [0.15, 0.2) is 0 Å². The number of fused-ring (bicyclic) bond motifs is 1. The Morgan fingerprint density at radius 2 is 1.94 bits per heavy atom. The van der Waals surface area contributed by atoms with Crippen molar-refractivity contribution in [2.45, 2.75) is 19.9 Å². The predicted octanol–water partition coefficient (Wildman–Crippen LogP) is 3.01. The third-order valence-electron chi connectivity index (χ3n) is 2.66. The summed E-state index contributed by atoms with van der Waals surface area (Å²) in [5.41, 5.74) is 3.30. The first kappa shape index (κ1) is 10.7. The Hall–Kier alpha value is -1.83. The molecule has 0 bridgehead atoms. The minimum absolute atomic E-state index is 0.331. The first-order valence-electron chi connectivity index (χ1n) is 5.46. The molecule has 0 unspecified atom stereocenters. The zero-order chi connectivity index (χ0) is 11.5. The number of rotatable bonds is 2. The molecule has 0 aliphatic carbocycles. The number of benzene rings is 1. The van der Waals surface area contributed by atoms with E-state index in [1.165, 1.54) is 5.56 Å². The second kappa shape index (κ2) is 4.35. The van der Waals surface area contributed by atoms with Gasteiger partial charge in [0.1, 0.15) is 6.29 Å². The van der Waals surface area contributed by atoms with Gasteiger partial charge in [-0.25, -0.2) is 0 Å². The van der Waals surface area contributed by atoms with Gasteiger partial charge in [0.2, 0.25) is 0 Å². The molecule has 0 aromatic heterocycles. The SMILES string of the molecule is CC(C)N1/C(=C/C=O)C=Cc2ccccc21. The van der Waals surface area contributed by atoms with E-state index in [4.69, 9.17) is 0 Å². The summed E-state index contributed by atoms with van der Waals surface area (Å²) in [6.45, 7) is 4.24. The van der Waals surface area contributed by atoms with Gasteiger partial charge in [-0.15, -0.1) is 0 Å². The van der Waals surface area contributed by atoms with Gasteiger partial charge in [0, 0.05) is 23.5 Å². The van der Waals surface area contributed by atoms with Crippen molar-refractivity contribution in [3.8, 4) is 0 Å². The molecule has 0 saturated heterocycles. The minimum atomic E-state index is 0.331. The van der Waals surface area contributed by atoms with Crippen molar-refractivity contribution in [1.29, 1.82) is 0 Å². The fourth-order valence-corrected chi connectivity index (χ4v) is 2.02. The largest absolute Gasteiger partial charge is 0.338 e. The third kappa shape index (κ3) is 1.78. The van der Waals surface area contributed by atoms with E-state index in [0.29, 0.717) is 6.04 Å². The number of hydrogen-bond acceptors (Lipinski definition) is 2. The maximum Gasteiger partial charge on any atom is 0.144 e. The van der Waals surface area contributed by atoms with Crippen molar-refractivity contribution < 1.29 is 4.79 Å². The quantitative estimate of drug-likeness (QED) is 0.556. The Bertz CT molecular complexity index is 458. The molecule has 1 aliphatic heterocycles. The summed E-state index contributed by atoms with van der Waals surface area (Å²) in [7, 11) is 0. The van der Waals surface area contributed by atoms with Crippen molar-refractivity contribution in [3.63, 3.8) is 0 Å². The lowest BCUT2D eigenvalue weighted by Crippen LogP contribution is -2.31. The van der Waals surface area contributed by atoms with E-state index in [9.17, 15) is 4.79 Å². The van der Waals surface area contributed by atoms with Gasteiger partial charge in [-0.2, -0.15) is 0 Å². The summed E-state index contributed by atoms with van der Waals surface area (Å²) < 4.78 is 0. The molecule has 0 atom stereocenters. The van der Waals surface area contributed by atoms with Crippen molar-refractivity contribution in [2.75, 3.05) is 4.90 Å². The van der Waals surface area contributed by atoms with Crippen LogP contribution in [0.2, 0.25) is 0 Å². The van der Waals surface area contributed by atoms with E-state index in [-0.39, 0.29) is 0 Å². The zero-order valence-electron chi connectivity index (χ0n) is 9.55. The normalized spacial score (nSPS) is 16.7. The van der Waals surface area contributed by atoms with Crippen LogP contribution in [0.3, 0.4) is 0 Å². The van der Waals surface area contributed by atoms with Gasteiger partial charge < -0.3 is 4.90 Å². The fraction of sp³-hybridized carbons (Fsp3) is 0.214. The van der Waals surface area contributed by atoms with E-state index in [1.54, 1.807) is 6.08 Å². The molecule has 0 fully saturated rings. The monoisotopic (exact) mass is 213 g/mol. The Morgan fingerprint density at radius 1 is 1.19 bits per heavy atom. The maximum absolute atomic E-state index is 10.6. The van der Waals surface area contributed by atoms with E-state index in [2.05, 4.69) is 30.9 Å². The molecule has 0 amide bonds. The third-order valence-corrected chi connectivity index (χ3v) is 2.66. The van der Waals surface area contributed by atoms with Gasteiger partial charge in [0.05, 0.1) is 0 Å². The van der Waals surface area contributed by atoms with Gasteiger partial charge in [-0.3, -0.25) is 4.79 Å². The molecule has 1 aliphatic rings. The molecule has 1 heterocycles. The van der Waals surface area contributed by atoms with Crippen LogP contribution < -0.4 is 4.90 Å². The molecule has 2 rings (SSSR count). The Labute approximate surface area is 95.9 Å². The summed E-state index contributed by atoms with van der Waals surface area (Å²) in [6, 6.07) is 8.54. The molecule has 82 valence electrons. The zero-order valence-corrected chi connectivity index (χ0v) is 9.55. The van der Waals surface area contributed by atoms with Crippen LogP contribution >= 0.6 is 0 Å². The fourth-order valence-electron chi connectivity index (χ4n) is 2.02. The highest BCUT2D eigenvalue weighted by atomic mass is 16.1. The number of nitrogens with zero attached hydrogens (tertiary/aromatic N) is 1. The molecule has 0 spiro atoms. The van der Waals surface area contributed by atoms with Gasteiger partial charge in [-0.05, 0) is 31.6 Å². The van der Waals surface area contributed by atoms with Crippen LogP contribution in [-0.4, -0.2) is 12.3 Å². The van der Waals surface area contributed by atoms with Crippen LogP contribution in [0.15, 0.2) is 42.1 Å². The highest BCUT2D eigenvalue weighted by Gasteiger charge is 2.19. The standard InChI is InChI=1S/C14H15NO/c1-11(2)15-13(9-10-16)8-7-12-5-3-4-6-14(12)15/h3-11H,1-2H3/b13-9+. The topological polar surface area (TPSA) is 20.3 Å². The van der Waals surface area contributed by atoms with Crippen LogP contribution in [0.25, 0.3) is 6.08 Å². The molecular formula is C14H15NO. The lowest BCUT2D eigenvalue weighted by Gasteiger charge is -2.33. The predicted molar refractivity (Wildman–Crippen MR) is 67.2 cm³/mol. The number of carbonyl (C=O) groups excluding carboxylic acids is 1. The lowest BCUT2D eigenvalue weighted by atomic mass is 10.0. The van der Waals surface area contributed by atoms with Gasteiger partial charge in [-0.1, -0.05) is 24.3 Å². The number of carbonyl (C=O) groups is 1. The van der Waals surface area contributed by atoms with Crippen LogP contribution in [0, 0.1) is 0 Å². The van der Waals surface area contributed by atoms with Gasteiger partial charge >= 0.3 is 0 Å². The molecule has 0 N–H and O–H groups in total. The molecular weight excluding hydrogens is 198 g/mol. The van der Waals surface area contributed by atoms with Crippen molar-refractivity contribution in [1.82, 2.24) is 0 Å². The first-order valence-corrected chi connectivity index (χ1v) is 5.46. The van der Waals surface area contributed by atoms with Crippen molar-refractivity contribution in [3.05, 3.63) is 47.7 Å². The Kier molecular flexibility index (Phi) is 2.91. The second-order valence-electron chi connectivity index (χ2n) is 4.08. The average molecular weight is 213 g/mol. The van der Waals surface area contributed by atoms with Crippen molar-refractivity contribution >= 4 is 18.0 Å². The van der Waals surface area contributed by atoms with Crippen LogP contribution in [0.5, 0.6) is 0 Å². The van der Waals surface area contributed by atoms with Gasteiger partial charge in [0.25, 0.3) is 0 Å². The van der Waals surface area contributed by atoms with Crippen LogP contribution in [0.1, 0.15) is 19.4 Å². The van der Waals surface area contributed by atoms with E-state index in [1.807, 2.05) is 24.3 Å². The number of para-hydroxylation sites is 1. The summed E-state index contributed by atoms with van der Waals surface area (Å²) in [4.78, 5) is 12.8. The Balaban J connectivity index is 2.54. The number of hydrogen-bond donors (Lipinski definition) is 0. The molecule has 0 radical (unpaired) electrons. The Morgan fingerprint density at radius 3 is 2.62 bits per heavy atom. The van der Waals surface area contributed by atoms with Crippen molar-refractivity contribution in [2.24, 2.45) is 0 Å². The summed E-state index contributed by atoms with van der Waals surface area (Å²) >= 11 is 0. The average Bonchev–Trinajstić information content (AvgIpc) is 2.28.